The zero-order chi connectivity index (χ0) is 22.7. The van der Waals surface area contributed by atoms with Gasteiger partial charge in [0.05, 0.1) is 22.9 Å². The highest BCUT2D eigenvalue weighted by Crippen LogP contribution is 2.38. The van der Waals surface area contributed by atoms with Crippen molar-refractivity contribution in [2.75, 3.05) is 0 Å². The summed E-state index contributed by atoms with van der Waals surface area (Å²) in [5.74, 6) is 2.86. The summed E-state index contributed by atoms with van der Waals surface area (Å²) in [4.78, 5) is 16.2. The molecular formula is C28H26N4S. The van der Waals surface area contributed by atoms with Crippen molar-refractivity contribution in [1.29, 1.82) is 0 Å². The van der Waals surface area contributed by atoms with E-state index in [2.05, 4.69) is 97.2 Å². The fraction of sp³-hybridized carbons (Fsp3) is 0.214. The van der Waals surface area contributed by atoms with E-state index in [9.17, 15) is 0 Å². The highest BCUT2D eigenvalue weighted by molar-refractivity contribution is 7.25. The monoisotopic (exact) mass is 450 g/mol. The molecule has 0 amide bonds. The molecule has 2 N–H and O–H groups in total. The molecule has 164 valence electrons. The maximum Gasteiger partial charge on any atom is 0.109 e. The molecule has 33 heavy (non-hydrogen) atoms. The first-order chi connectivity index (χ1) is 16.0. The van der Waals surface area contributed by atoms with Gasteiger partial charge in [-0.05, 0) is 34.9 Å². The van der Waals surface area contributed by atoms with Crippen LogP contribution in [0.2, 0.25) is 0 Å². The van der Waals surface area contributed by atoms with Gasteiger partial charge in [0, 0.05) is 32.0 Å². The van der Waals surface area contributed by atoms with Gasteiger partial charge in [-0.3, -0.25) is 0 Å². The van der Waals surface area contributed by atoms with Gasteiger partial charge in [0.15, 0.2) is 0 Å². The van der Waals surface area contributed by atoms with Gasteiger partial charge in [-0.15, -0.1) is 11.3 Å². The summed E-state index contributed by atoms with van der Waals surface area (Å²) in [6.07, 6.45) is 1.92. The SMILES string of the molecule is CC(C)c1ncc(-c2ccc(-c3ccc4c(c3)sc3cc5nc(C(C)C)[nH]c5cc34)cc2)[nH]1. The van der Waals surface area contributed by atoms with E-state index in [1.54, 1.807) is 0 Å². The van der Waals surface area contributed by atoms with Gasteiger partial charge >= 0.3 is 0 Å². The molecule has 3 aromatic carbocycles. The molecule has 0 atom stereocenters. The molecule has 0 aliphatic rings. The molecule has 0 saturated carbocycles. The van der Waals surface area contributed by atoms with E-state index in [0.29, 0.717) is 11.8 Å². The lowest BCUT2D eigenvalue weighted by Gasteiger charge is -2.04. The number of nitrogens with one attached hydrogen (secondary N) is 2. The number of H-pyrrole nitrogens is 2. The molecule has 6 aromatic rings. The number of fused-ring (bicyclic) bond motifs is 4. The van der Waals surface area contributed by atoms with E-state index < -0.39 is 0 Å². The van der Waals surface area contributed by atoms with Crippen LogP contribution in [-0.2, 0) is 0 Å². The van der Waals surface area contributed by atoms with Crippen LogP contribution in [0.3, 0.4) is 0 Å². The molecule has 5 heteroatoms. The second-order valence-corrected chi connectivity index (χ2v) is 10.5. The summed E-state index contributed by atoms with van der Waals surface area (Å²) in [6, 6.07) is 20.0. The lowest BCUT2D eigenvalue weighted by Crippen LogP contribution is -1.89. The van der Waals surface area contributed by atoms with E-state index in [1.807, 2.05) is 17.5 Å². The van der Waals surface area contributed by atoms with Gasteiger partial charge in [0.25, 0.3) is 0 Å². The van der Waals surface area contributed by atoms with Crippen molar-refractivity contribution in [1.82, 2.24) is 19.9 Å². The van der Waals surface area contributed by atoms with Crippen LogP contribution in [0.1, 0.15) is 51.2 Å². The Kier molecular flexibility index (Phi) is 4.63. The normalized spacial score (nSPS) is 12.2. The first-order valence-corrected chi connectivity index (χ1v) is 12.3. The Morgan fingerprint density at radius 1 is 0.697 bits per heavy atom. The first kappa shape index (κ1) is 20.2. The molecule has 0 fully saturated rings. The number of aromatic amines is 2. The van der Waals surface area contributed by atoms with Gasteiger partial charge in [0.2, 0.25) is 0 Å². The van der Waals surface area contributed by atoms with Crippen LogP contribution in [0, 0.1) is 0 Å². The highest BCUT2D eigenvalue weighted by atomic mass is 32.1. The van der Waals surface area contributed by atoms with Crippen LogP contribution < -0.4 is 0 Å². The zero-order valence-corrected chi connectivity index (χ0v) is 20.0. The van der Waals surface area contributed by atoms with E-state index in [-0.39, 0.29) is 0 Å². The lowest BCUT2D eigenvalue weighted by atomic mass is 10.0. The van der Waals surface area contributed by atoms with Gasteiger partial charge in [-0.1, -0.05) is 64.1 Å². The Bertz CT molecular complexity index is 1610. The molecule has 0 bridgehead atoms. The van der Waals surface area contributed by atoms with Gasteiger partial charge in [-0.25, -0.2) is 9.97 Å². The number of hydrogen-bond acceptors (Lipinski definition) is 3. The average Bonchev–Trinajstić information content (AvgIpc) is 3.53. The largest absolute Gasteiger partial charge is 0.342 e. The van der Waals surface area contributed by atoms with Crippen LogP contribution in [0.4, 0.5) is 0 Å². The minimum Gasteiger partial charge on any atom is -0.342 e. The topological polar surface area (TPSA) is 57.4 Å². The summed E-state index contributed by atoms with van der Waals surface area (Å²) in [6.45, 7) is 8.63. The number of nitrogens with zero attached hydrogens (tertiary/aromatic N) is 2. The Hall–Kier alpha value is -3.44. The van der Waals surface area contributed by atoms with Crippen molar-refractivity contribution in [2.24, 2.45) is 0 Å². The number of benzene rings is 3. The van der Waals surface area contributed by atoms with E-state index >= 15 is 0 Å². The number of aromatic nitrogens is 4. The summed E-state index contributed by atoms with van der Waals surface area (Å²) in [7, 11) is 0. The summed E-state index contributed by atoms with van der Waals surface area (Å²) < 4.78 is 2.59. The van der Waals surface area contributed by atoms with Crippen molar-refractivity contribution in [3.8, 4) is 22.4 Å². The Labute approximate surface area is 196 Å². The quantitative estimate of drug-likeness (QED) is 0.284. The fourth-order valence-corrected chi connectivity index (χ4v) is 5.53. The molecule has 0 aliphatic heterocycles. The Balaban J connectivity index is 1.37. The molecule has 3 heterocycles. The van der Waals surface area contributed by atoms with Crippen molar-refractivity contribution >= 4 is 42.5 Å². The number of thiophene rings is 1. The lowest BCUT2D eigenvalue weighted by molar-refractivity contribution is 0.795. The van der Waals surface area contributed by atoms with Crippen LogP contribution in [0.25, 0.3) is 53.6 Å². The molecule has 0 radical (unpaired) electrons. The Morgan fingerprint density at radius 3 is 2.12 bits per heavy atom. The van der Waals surface area contributed by atoms with Crippen molar-refractivity contribution in [2.45, 2.75) is 39.5 Å². The predicted octanol–water partition coefficient (Wildman–Crippen LogP) is 8.23. The number of imidazole rings is 2. The third-order valence-electron chi connectivity index (χ3n) is 6.31. The van der Waals surface area contributed by atoms with Crippen LogP contribution >= 0.6 is 11.3 Å². The van der Waals surface area contributed by atoms with Crippen LogP contribution in [0.5, 0.6) is 0 Å². The third kappa shape index (κ3) is 3.44. The maximum absolute atomic E-state index is 4.79. The molecule has 0 spiro atoms. The second-order valence-electron chi connectivity index (χ2n) is 9.37. The molecule has 0 saturated heterocycles. The minimum absolute atomic E-state index is 0.395. The maximum atomic E-state index is 4.79. The Morgan fingerprint density at radius 2 is 1.39 bits per heavy atom. The predicted molar refractivity (Wildman–Crippen MR) is 140 cm³/mol. The summed E-state index contributed by atoms with van der Waals surface area (Å²) >= 11 is 1.84. The molecule has 0 unspecified atom stereocenters. The molecule has 4 nitrogen and oxygen atoms in total. The van der Waals surface area contributed by atoms with E-state index in [0.717, 1.165) is 33.9 Å². The van der Waals surface area contributed by atoms with Crippen LogP contribution in [0.15, 0.2) is 60.8 Å². The highest BCUT2D eigenvalue weighted by Gasteiger charge is 2.12. The van der Waals surface area contributed by atoms with E-state index in [4.69, 9.17) is 4.98 Å². The number of rotatable bonds is 4. The summed E-state index contributed by atoms with van der Waals surface area (Å²) in [5.41, 5.74) is 6.84. The molecular weight excluding hydrogens is 424 g/mol. The van der Waals surface area contributed by atoms with Crippen molar-refractivity contribution in [3.05, 3.63) is 72.4 Å². The van der Waals surface area contributed by atoms with Crippen LogP contribution in [-0.4, -0.2) is 19.9 Å². The summed E-state index contributed by atoms with van der Waals surface area (Å²) in [5, 5.41) is 2.60. The van der Waals surface area contributed by atoms with E-state index in [1.165, 1.54) is 31.3 Å². The fourth-order valence-electron chi connectivity index (χ4n) is 4.37. The standard InChI is InChI=1S/C28H26N4S/c1-15(2)27-29-14-24(32-27)18-7-5-17(6-8-18)19-9-10-20-21-12-22-23(31-28(30-22)16(3)4)13-26(21)33-25(20)11-19/h5-16H,1-4H3,(H,29,32)(H,30,31). The van der Waals surface area contributed by atoms with Crippen molar-refractivity contribution in [3.63, 3.8) is 0 Å². The first-order valence-electron chi connectivity index (χ1n) is 11.5. The zero-order valence-electron chi connectivity index (χ0n) is 19.2. The average molecular weight is 451 g/mol. The minimum atomic E-state index is 0.395. The molecule has 3 aromatic heterocycles. The smallest absolute Gasteiger partial charge is 0.109 e. The van der Waals surface area contributed by atoms with Crippen molar-refractivity contribution < 1.29 is 0 Å². The second kappa shape index (κ2) is 7.56. The number of hydrogen-bond donors (Lipinski definition) is 2. The van der Waals surface area contributed by atoms with Gasteiger partial charge < -0.3 is 9.97 Å². The molecule has 0 aliphatic carbocycles. The molecule has 6 rings (SSSR count). The van der Waals surface area contributed by atoms with Gasteiger partial charge in [0.1, 0.15) is 11.6 Å². The van der Waals surface area contributed by atoms with Gasteiger partial charge in [-0.2, -0.15) is 0 Å². The third-order valence-corrected chi connectivity index (χ3v) is 7.43.